The minimum Gasteiger partial charge on any atom is -0.383 e. The maximum Gasteiger partial charge on any atom is 0.330 e. The fraction of sp³-hybridized carbons (Fsp3) is 0.364. The van der Waals surface area contributed by atoms with Gasteiger partial charge in [-0.2, -0.15) is 5.10 Å². The van der Waals surface area contributed by atoms with Crippen molar-refractivity contribution in [2.45, 2.75) is 33.4 Å². The molecule has 2 aromatic heterocycles. The quantitative estimate of drug-likeness (QED) is 0.488. The topological polar surface area (TPSA) is 128 Å². The molecule has 1 amide bonds. The molecule has 3 N–H and O–H groups in total. The van der Waals surface area contributed by atoms with Gasteiger partial charge in [0.1, 0.15) is 11.0 Å². The number of hydrogen-bond donors (Lipinski definition) is 2. The van der Waals surface area contributed by atoms with Gasteiger partial charge in [-0.05, 0) is 18.9 Å². The highest BCUT2D eigenvalue weighted by atomic mass is 35.5. The Labute approximate surface area is 195 Å². The summed E-state index contributed by atoms with van der Waals surface area (Å²) in [7, 11) is 1.48. The summed E-state index contributed by atoms with van der Waals surface area (Å²) >= 11 is 6.58. The zero-order valence-electron chi connectivity index (χ0n) is 18.8. The van der Waals surface area contributed by atoms with Crippen molar-refractivity contribution in [3.63, 3.8) is 0 Å². The maximum atomic E-state index is 13.7. The molecule has 0 unspecified atom stereocenters. The fourth-order valence-electron chi connectivity index (χ4n) is 3.57. The summed E-state index contributed by atoms with van der Waals surface area (Å²) < 4.78 is 7.90. The van der Waals surface area contributed by atoms with Crippen molar-refractivity contribution in [3.8, 4) is 0 Å². The fourth-order valence-corrected chi connectivity index (χ4v) is 3.89. The van der Waals surface area contributed by atoms with Crippen molar-refractivity contribution >= 4 is 29.0 Å². The molecule has 3 rings (SSSR count). The number of methoxy groups -OCH3 is 1. The van der Waals surface area contributed by atoms with Crippen LogP contribution in [-0.4, -0.2) is 45.5 Å². The number of carbonyl (C=O) groups is 1. The molecular weight excluding hydrogens is 448 g/mol. The summed E-state index contributed by atoms with van der Waals surface area (Å²) in [6.45, 7) is 4.35. The van der Waals surface area contributed by atoms with E-state index < -0.39 is 17.2 Å². The Morgan fingerprint density at radius 3 is 2.61 bits per heavy atom. The molecule has 3 aromatic rings. The minimum absolute atomic E-state index is 0.0204. The van der Waals surface area contributed by atoms with Crippen LogP contribution in [0.4, 0.5) is 11.5 Å². The van der Waals surface area contributed by atoms with Crippen molar-refractivity contribution in [1.29, 1.82) is 0 Å². The Morgan fingerprint density at radius 1 is 1.27 bits per heavy atom. The number of nitrogens with zero attached hydrogens (tertiary/aromatic N) is 4. The van der Waals surface area contributed by atoms with Crippen LogP contribution in [-0.2, 0) is 17.8 Å². The third-order valence-electron chi connectivity index (χ3n) is 5.15. The minimum atomic E-state index is -0.764. The molecular formula is C22H27ClN6O4. The normalized spacial score (nSPS) is 11.0. The van der Waals surface area contributed by atoms with E-state index in [2.05, 4.69) is 10.1 Å². The molecule has 0 saturated heterocycles. The van der Waals surface area contributed by atoms with E-state index in [1.165, 1.54) is 21.3 Å². The van der Waals surface area contributed by atoms with Gasteiger partial charge in [0.15, 0.2) is 5.69 Å². The van der Waals surface area contributed by atoms with Gasteiger partial charge < -0.3 is 10.5 Å². The molecule has 0 bridgehead atoms. The molecule has 1 aromatic carbocycles. The molecule has 33 heavy (non-hydrogen) atoms. The predicted octanol–water partition coefficient (Wildman–Crippen LogP) is 2.03. The summed E-state index contributed by atoms with van der Waals surface area (Å²) in [5.74, 6) is -0.659. The average molecular weight is 475 g/mol. The van der Waals surface area contributed by atoms with Gasteiger partial charge in [-0.15, -0.1) is 0 Å². The molecule has 0 radical (unpaired) electrons. The second-order valence-corrected chi connectivity index (χ2v) is 7.85. The lowest BCUT2D eigenvalue weighted by Gasteiger charge is -2.24. The molecule has 0 fully saturated rings. The molecule has 10 nitrogen and oxygen atoms in total. The Kier molecular flexibility index (Phi) is 7.72. The number of amides is 1. The molecule has 0 saturated carbocycles. The highest BCUT2D eigenvalue weighted by molar-refractivity contribution is 6.34. The Hall–Kier alpha value is -3.37. The van der Waals surface area contributed by atoms with Gasteiger partial charge >= 0.3 is 5.69 Å². The van der Waals surface area contributed by atoms with Crippen molar-refractivity contribution in [2.75, 3.05) is 30.9 Å². The van der Waals surface area contributed by atoms with E-state index >= 15 is 0 Å². The van der Waals surface area contributed by atoms with Crippen LogP contribution in [0.1, 0.15) is 35.0 Å². The number of H-pyrrole nitrogens is 1. The number of nitrogens with two attached hydrogens (primary N) is 1. The number of nitrogen functional groups attached to an aromatic ring is 1. The Morgan fingerprint density at radius 2 is 1.97 bits per heavy atom. The standard InChI is InChI=1S/C22H27ClN6O4/c1-4-10-28-19(24)17(20(30)25-22(28)32)27(11-12-33-3)21(31)16-14(2)26-29(18(16)23)13-15-8-6-5-7-9-15/h5-9H,4,10-13,24H2,1-3H3,(H,25,30,32). The third-order valence-corrected chi connectivity index (χ3v) is 5.53. The first-order valence-electron chi connectivity index (χ1n) is 10.5. The van der Waals surface area contributed by atoms with Crippen LogP contribution in [0.2, 0.25) is 5.15 Å². The smallest absolute Gasteiger partial charge is 0.330 e. The molecule has 0 aliphatic heterocycles. The average Bonchev–Trinajstić information content (AvgIpc) is 3.06. The van der Waals surface area contributed by atoms with E-state index in [0.29, 0.717) is 18.7 Å². The lowest BCUT2D eigenvalue weighted by molar-refractivity contribution is 0.0975. The number of aromatic amines is 1. The van der Waals surface area contributed by atoms with Crippen molar-refractivity contribution < 1.29 is 9.53 Å². The number of anilines is 2. The Bertz CT molecular complexity index is 1250. The van der Waals surface area contributed by atoms with Crippen LogP contribution in [0.15, 0.2) is 39.9 Å². The summed E-state index contributed by atoms with van der Waals surface area (Å²) in [6.07, 6.45) is 0.610. The van der Waals surface area contributed by atoms with E-state index in [1.807, 2.05) is 37.3 Å². The van der Waals surface area contributed by atoms with Crippen LogP contribution >= 0.6 is 11.6 Å². The van der Waals surface area contributed by atoms with Crippen LogP contribution in [0.5, 0.6) is 0 Å². The van der Waals surface area contributed by atoms with E-state index in [0.717, 1.165) is 5.56 Å². The number of halogens is 1. The van der Waals surface area contributed by atoms with Crippen molar-refractivity contribution in [1.82, 2.24) is 19.3 Å². The SMILES string of the molecule is CCCn1c(N)c(N(CCOC)C(=O)c2c(C)nn(Cc3ccccc3)c2Cl)c(=O)[nH]c1=O. The monoisotopic (exact) mass is 474 g/mol. The first kappa shape index (κ1) is 24.3. The summed E-state index contributed by atoms with van der Waals surface area (Å²) in [4.78, 5) is 42.1. The highest BCUT2D eigenvalue weighted by Gasteiger charge is 2.30. The lowest BCUT2D eigenvalue weighted by Crippen LogP contribution is -2.42. The number of rotatable bonds is 9. The number of nitrogens with one attached hydrogen (secondary N) is 1. The number of hydrogen-bond acceptors (Lipinski definition) is 6. The van der Waals surface area contributed by atoms with E-state index in [-0.39, 0.29) is 41.9 Å². The highest BCUT2D eigenvalue weighted by Crippen LogP contribution is 2.26. The number of carbonyl (C=O) groups excluding carboxylic acids is 1. The van der Waals surface area contributed by atoms with Crippen LogP contribution in [0.3, 0.4) is 0 Å². The lowest BCUT2D eigenvalue weighted by atomic mass is 10.2. The molecule has 2 heterocycles. The number of aromatic nitrogens is 4. The molecule has 0 aliphatic carbocycles. The van der Waals surface area contributed by atoms with Gasteiger partial charge in [0.25, 0.3) is 11.5 Å². The van der Waals surface area contributed by atoms with Gasteiger partial charge in [0, 0.05) is 20.2 Å². The van der Waals surface area contributed by atoms with E-state index in [4.69, 9.17) is 22.1 Å². The number of benzene rings is 1. The second-order valence-electron chi connectivity index (χ2n) is 7.49. The van der Waals surface area contributed by atoms with Gasteiger partial charge in [0.2, 0.25) is 0 Å². The summed E-state index contributed by atoms with van der Waals surface area (Å²) in [5.41, 5.74) is 6.19. The third kappa shape index (κ3) is 5.01. The van der Waals surface area contributed by atoms with Crippen LogP contribution < -0.4 is 21.9 Å². The molecule has 176 valence electrons. The first-order valence-corrected chi connectivity index (χ1v) is 10.9. The van der Waals surface area contributed by atoms with Crippen LogP contribution in [0, 0.1) is 6.92 Å². The maximum absolute atomic E-state index is 13.7. The van der Waals surface area contributed by atoms with E-state index in [9.17, 15) is 14.4 Å². The summed E-state index contributed by atoms with van der Waals surface area (Å²) in [6, 6.07) is 9.56. The van der Waals surface area contributed by atoms with Crippen LogP contribution in [0.25, 0.3) is 0 Å². The largest absolute Gasteiger partial charge is 0.383 e. The van der Waals surface area contributed by atoms with Crippen molar-refractivity contribution in [3.05, 3.63) is 73.1 Å². The first-order chi connectivity index (χ1) is 15.8. The predicted molar refractivity (Wildman–Crippen MR) is 127 cm³/mol. The second kappa shape index (κ2) is 10.5. The summed E-state index contributed by atoms with van der Waals surface area (Å²) in [5, 5.41) is 4.56. The van der Waals surface area contributed by atoms with Gasteiger partial charge in [0.05, 0.1) is 24.4 Å². The van der Waals surface area contributed by atoms with Gasteiger partial charge in [-0.1, -0.05) is 48.9 Å². The zero-order chi connectivity index (χ0) is 24.1. The van der Waals surface area contributed by atoms with Crippen molar-refractivity contribution in [2.24, 2.45) is 0 Å². The molecule has 0 aliphatic rings. The number of aryl methyl sites for hydroxylation is 1. The molecule has 0 spiro atoms. The van der Waals surface area contributed by atoms with E-state index in [1.54, 1.807) is 6.92 Å². The van der Waals surface area contributed by atoms with Gasteiger partial charge in [-0.3, -0.25) is 24.0 Å². The molecule has 0 atom stereocenters. The Balaban J connectivity index is 2.09. The zero-order valence-corrected chi connectivity index (χ0v) is 19.6. The number of ether oxygens (including phenoxy) is 1. The van der Waals surface area contributed by atoms with Gasteiger partial charge in [-0.25, -0.2) is 9.48 Å². The molecule has 11 heteroatoms.